The lowest BCUT2D eigenvalue weighted by atomic mass is 10.2. The van der Waals surface area contributed by atoms with Crippen LogP contribution < -0.4 is 5.32 Å². The lowest BCUT2D eigenvalue weighted by Crippen LogP contribution is -2.14. The molecule has 7 nitrogen and oxygen atoms in total. The molecule has 0 saturated heterocycles. The van der Waals surface area contributed by atoms with Gasteiger partial charge in [-0.2, -0.15) is 0 Å². The number of benzene rings is 1. The van der Waals surface area contributed by atoms with E-state index in [1.54, 1.807) is 23.2 Å². The molecule has 0 aliphatic heterocycles. The molecular weight excluding hydrogens is 390 g/mol. The van der Waals surface area contributed by atoms with Crippen LogP contribution in [0.2, 0.25) is 0 Å². The maximum absolute atomic E-state index is 12.2. The van der Waals surface area contributed by atoms with Crippen LogP contribution in [0.5, 0.6) is 0 Å². The number of ether oxygens (including phenoxy) is 1. The molecular formula is C21H21N3O4S. The molecule has 3 aromatic rings. The number of amides is 1. The molecule has 0 spiro atoms. The number of anilines is 1. The van der Waals surface area contributed by atoms with E-state index < -0.39 is 5.97 Å². The van der Waals surface area contributed by atoms with Crippen molar-refractivity contribution in [2.45, 2.75) is 26.9 Å². The summed E-state index contributed by atoms with van der Waals surface area (Å²) in [6.45, 7) is 3.42. The van der Waals surface area contributed by atoms with Crippen LogP contribution in [0.4, 0.5) is 5.69 Å². The van der Waals surface area contributed by atoms with E-state index in [1.165, 1.54) is 24.3 Å². The number of carbonyl (C=O) groups excluding carboxylic acids is 3. The third-order valence-electron chi connectivity index (χ3n) is 4.22. The molecule has 29 heavy (non-hydrogen) atoms. The van der Waals surface area contributed by atoms with Gasteiger partial charge in [-0.1, -0.05) is 17.7 Å². The van der Waals surface area contributed by atoms with Crippen LogP contribution >= 0.6 is 11.3 Å². The number of ketones is 1. The van der Waals surface area contributed by atoms with Crippen LogP contribution in [0.1, 0.15) is 44.0 Å². The number of nitrogens with zero attached hydrogens (tertiary/aromatic N) is 2. The molecule has 0 unspecified atom stereocenters. The van der Waals surface area contributed by atoms with Gasteiger partial charge in [0.2, 0.25) is 5.91 Å². The van der Waals surface area contributed by atoms with Gasteiger partial charge in [-0.25, -0.2) is 9.78 Å². The number of hydrogen-bond acceptors (Lipinski definition) is 6. The fourth-order valence-electron chi connectivity index (χ4n) is 2.65. The summed E-state index contributed by atoms with van der Waals surface area (Å²) >= 11 is 1.34. The van der Waals surface area contributed by atoms with E-state index in [9.17, 15) is 14.4 Å². The largest absolute Gasteiger partial charge is 0.454 e. The first-order valence-electron chi connectivity index (χ1n) is 8.96. The van der Waals surface area contributed by atoms with Gasteiger partial charge in [-0.05, 0) is 32.0 Å². The van der Waals surface area contributed by atoms with Crippen molar-refractivity contribution in [3.05, 3.63) is 69.4 Å². The number of hydrogen-bond donors (Lipinski definition) is 1. The molecule has 0 aliphatic rings. The van der Waals surface area contributed by atoms with Crippen molar-refractivity contribution in [1.29, 1.82) is 0 Å². The van der Waals surface area contributed by atoms with Crippen LogP contribution in [0, 0.1) is 6.92 Å². The predicted molar refractivity (Wildman–Crippen MR) is 110 cm³/mol. The summed E-state index contributed by atoms with van der Waals surface area (Å²) in [6.07, 6.45) is 1.73. The number of carbonyl (C=O) groups is 3. The van der Waals surface area contributed by atoms with Crippen LogP contribution in [0.3, 0.4) is 0 Å². The van der Waals surface area contributed by atoms with Gasteiger partial charge >= 0.3 is 5.97 Å². The third-order valence-corrected chi connectivity index (χ3v) is 5.12. The van der Waals surface area contributed by atoms with Crippen LogP contribution in [-0.2, 0) is 29.6 Å². The number of Topliss-reactive ketones (excluding diaryl/α,β-unsaturated/α-hetero) is 1. The maximum Gasteiger partial charge on any atom is 0.355 e. The van der Waals surface area contributed by atoms with E-state index in [0.29, 0.717) is 22.0 Å². The average molecular weight is 411 g/mol. The van der Waals surface area contributed by atoms with Crippen molar-refractivity contribution in [2.75, 3.05) is 5.32 Å². The van der Waals surface area contributed by atoms with Crippen LogP contribution in [-0.4, -0.2) is 27.2 Å². The van der Waals surface area contributed by atoms with Gasteiger partial charge in [-0.3, -0.25) is 9.59 Å². The van der Waals surface area contributed by atoms with Crippen molar-refractivity contribution in [2.24, 2.45) is 7.05 Å². The van der Waals surface area contributed by atoms with Gasteiger partial charge in [0.15, 0.2) is 5.78 Å². The molecule has 0 saturated carbocycles. The van der Waals surface area contributed by atoms with E-state index in [2.05, 4.69) is 10.3 Å². The second-order valence-electron chi connectivity index (χ2n) is 6.68. The predicted octanol–water partition coefficient (Wildman–Crippen LogP) is 3.53. The molecule has 2 aromatic heterocycles. The highest BCUT2D eigenvalue weighted by molar-refractivity contribution is 7.09. The Bertz CT molecular complexity index is 1050. The van der Waals surface area contributed by atoms with Crippen LogP contribution in [0.15, 0.2) is 41.9 Å². The minimum Gasteiger partial charge on any atom is -0.454 e. The first-order valence-corrected chi connectivity index (χ1v) is 9.84. The molecule has 0 aliphatic carbocycles. The summed E-state index contributed by atoms with van der Waals surface area (Å²) in [5.74, 6) is -0.813. The molecule has 1 aromatic carbocycles. The van der Waals surface area contributed by atoms with Gasteiger partial charge in [0.05, 0.1) is 12.1 Å². The minimum absolute atomic E-state index is 0.00447. The third kappa shape index (κ3) is 5.39. The van der Waals surface area contributed by atoms with E-state index in [-0.39, 0.29) is 24.7 Å². The molecule has 0 atom stereocenters. The zero-order chi connectivity index (χ0) is 21.0. The lowest BCUT2D eigenvalue weighted by molar-refractivity contribution is -0.115. The van der Waals surface area contributed by atoms with Gasteiger partial charge < -0.3 is 14.6 Å². The fraction of sp³-hybridized carbons (Fsp3) is 0.238. The van der Waals surface area contributed by atoms with Crippen molar-refractivity contribution < 1.29 is 19.1 Å². The zero-order valence-corrected chi connectivity index (χ0v) is 17.2. The highest BCUT2D eigenvalue weighted by Crippen LogP contribution is 2.15. The number of nitrogens with one attached hydrogen (secondary N) is 1. The molecule has 0 radical (unpaired) electrons. The Labute approximate surface area is 172 Å². The number of rotatable bonds is 7. The van der Waals surface area contributed by atoms with Gasteiger partial charge in [-0.15, -0.1) is 11.3 Å². The van der Waals surface area contributed by atoms with E-state index in [4.69, 9.17) is 4.74 Å². The van der Waals surface area contributed by atoms with Crippen molar-refractivity contribution in [3.63, 3.8) is 0 Å². The smallest absolute Gasteiger partial charge is 0.355 e. The lowest BCUT2D eigenvalue weighted by Gasteiger charge is -2.04. The molecule has 2 heterocycles. The zero-order valence-electron chi connectivity index (χ0n) is 16.4. The second-order valence-corrected chi connectivity index (χ2v) is 7.62. The summed E-state index contributed by atoms with van der Waals surface area (Å²) in [5, 5.41) is 5.22. The van der Waals surface area contributed by atoms with Gasteiger partial charge in [0.1, 0.15) is 17.3 Å². The second kappa shape index (κ2) is 8.83. The monoisotopic (exact) mass is 411 g/mol. The summed E-state index contributed by atoms with van der Waals surface area (Å²) in [6, 6.07) is 9.06. The molecule has 0 bridgehead atoms. The van der Waals surface area contributed by atoms with Gasteiger partial charge in [0, 0.05) is 29.9 Å². The number of aromatic nitrogens is 2. The van der Waals surface area contributed by atoms with E-state index >= 15 is 0 Å². The van der Waals surface area contributed by atoms with Crippen molar-refractivity contribution in [3.8, 4) is 0 Å². The first kappa shape index (κ1) is 20.5. The Kier molecular flexibility index (Phi) is 6.23. The Morgan fingerprint density at radius 2 is 1.93 bits per heavy atom. The average Bonchev–Trinajstić information content (AvgIpc) is 3.28. The van der Waals surface area contributed by atoms with E-state index in [0.717, 1.165) is 11.3 Å². The molecule has 0 fully saturated rings. The Morgan fingerprint density at radius 3 is 2.59 bits per heavy atom. The summed E-state index contributed by atoms with van der Waals surface area (Å²) in [5.41, 5.74) is 3.18. The summed E-state index contributed by atoms with van der Waals surface area (Å²) < 4.78 is 6.84. The Balaban J connectivity index is 1.53. The topological polar surface area (TPSA) is 90.3 Å². The standard InChI is InChI=1S/C21H21N3O4S/c1-13-4-6-16(7-5-13)22-19(26)9-20-23-17(12-29-20)11-28-21(27)18-8-15(14(2)25)10-24(18)3/h4-8,10,12H,9,11H2,1-3H3,(H,22,26). The Morgan fingerprint density at radius 1 is 1.21 bits per heavy atom. The number of aryl methyl sites for hydroxylation is 2. The van der Waals surface area contributed by atoms with Crippen molar-refractivity contribution >= 4 is 34.7 Å². The van der Waals surface area contributed by atoms with Gasteiger partial charge in [0.25, 0.3) is 0 Å². The first-order chi connectivity index (χ1) is 13.8. The minimum atomic E-state index is -0.535. The number of thiazole rings is 1. The molecule has 150 valence electrons. The Hall–Kier alpha value is -3.26. The van der Waals surface area contributed by atoms with E-state index in [1.807, 2.05) is 31.2 Å². The SMILES string of the molecule is CC(=O)c1cc(C(=O)OCc2csc(CC(=O)Nc3ccc(C)cc3)n2)n(C)c1. The summed E-state index contributed by atoms with van der Waals surface area (Å²) in [4.78, 5) is 40.2. The maximum atomic E-state index is 12.2. The normalized spacial score (nSPS) is 10.6. The molecule has 1 N–H and O–H groups in total. The highest BCUT2D eigenvalue weighted by Gasteiger charge is 2.16. The molecule has 3 rings (SSSR count). The number of esters is 1. The quantitative estimate of drug-likeness (QED) is 0.474. The summed E-state index contributed by atoms with van der Waals surface area (Å²) in [7, 11) is 1.68. The molecule has 8 heteroatoms. The highest BCUT2D eigenvalue weighted by atomic mass is 32.1. The fourth-order valence-corrected chi connectivity index (χ4v) is 3.43. The molecule has 1 amide bonds. The van der Waals surface area contributed by atoms with Crippen LogP contribution in [0.25, 0.3) is 0 Å². The van der Waals surface area contributed by atoms with Crippen molar-refractivity contribution in [1.82, 2.24) is 9.55 Å².